The molecular formula is C24H37N3O2Sn. The first-order valence-electron chi connectivity index (χ1n) is 11.4. The number of unbranched alkanes of at least 4 members (excludes halogenated alkanes) is 3. The van der Waals surface area contributed by atoms with Gasteiger partial charge in [-0.2, -0.15) is 0 Å². The number of amides is 1. The summed E-state index contributed by atoms with van der Waals surface area (Å²) >= 11 is -2.50. The van der Waals surface area contributed by atoms with Gasteiger partial charge in [-0.05, 0) is 0 Å². The molecule has 5 nitrogen and oxygen atoms in total. The predicted molar refractivity (Wildman–Crippen MR) is 128 cm³/mol. The summed E-state index contributed by atoms with van der Waals surface area (Å²) in [5.41, 5.74) is 2.01. The molecular weight excluding hydrogens is 481 g/mol. The average molecular weight is 518 g/mol. The van der Waals surface area contributed by atoms with Gasteiger partial charge >= 0.3 is 186 Å². The molecule has 1 N–H and O–H groups in total. The Bertz CT molecular complexity index is 756. The first-order valence-corrected chi connectivity index (χ1v) is 18.8. The number of anilines is 1. The van der Waals surface area contributed by atoms with Gasteiger partial charge < -0.3 is 0 Å². The molecule has 0 unspecified atom stereocenters. The molecule has 0 saturated carbocycles. The summed E-state index contributed by atoms with van der Waals surface area (Å²) in [6, 6.07) is 8.14. The monoisotopic (exact) mass is 519 g/mol. The number of carboxylic acid groups (broad SMARTS) is 1. The molecule has 0 saturated heterocycles. The topological polar surface area (TPSA) is 66.3 Å². The summed E-state index contributed by atoms with van der Waals surface area (Å²) in [7, 11) is 1.50. The van der Waals surface area contributed by atoms with Gasteiger partial charge in [0.05, 0.1) is 0 Å². The molecule has 6 heteroatoms. The van der Waals surface area contributed by atoms with Crippen LogP contribution in [-0.2, 0) is 0 Å². The van der Waals surface area contributed by atoms with Crippen LogP contribution in [0.5, 0.6) is 0 Å². The van der Waals surface area contributed by atoms with Gasteiger partial charge in [-0.15, -0.1) is 0 Å². The standard InChI is InChI=1S/C12H10N3O2.3C4H9.Sn/c1-15(12(16)17)11-5-4-10(8-14-11)9-3-2-6-13-7-9;3*1-3-4-2;/h2-5,7-8H,1H3,(H,16,17);3*1,3-4H2,2H3;. The fourth-order valence-corrected chi connectivity index (χ4v) is 19.4. The van der Waals surface area contributed by atoms with E-state index < -0.39 is 24.5 Å². The molecule has 0 aliphatic heterocycles. The van der Waals surface area contributed by atoms with E-state index in [1.807, 2.05) is 12.3 Å². The van der Waals surface area contributed by atoms with Gasteiger partial charge in [-0.1, -0.05) is 0 Å². The third-order valence-corrected chi connectivity index (χ3v) is 21.2. The van der Waals surface area contributed by atoms with Gasteiger partial charge in [0.2, 0.25) is 0 Å². The zero-order valence-electron chi connectivity index (χ0n) is 19.0. The van der Waals surface area contributed by atoms with Crippen molar-refractivity contribution in [1.29, 1.82) is 0 Å². The molecule has 0 aromatic carbocycles. The summed E-state index contributed by atoms with van der Waals surface area (Å²) in [6.45, 7) is 6.89. The normalized spacial score (nSPS) is 11.5. The van der Waals surface area contributed by atoms with E-state index in [4.69, 9.17) is 10.1 Å². The number of carbonyl (C=O) groups is 1. The fraction of sp³-hybridized carbons (Fsp3) is 0.542. The summed E-state index contributed by atoms with van der Waals surface area (Å²) in [5.74, 6) is 0.421. The molecule has 0 spiro atoms. The van der Waals surface area contributed by atoms with Crippen LogP contribution < -0.4 is 8.61 Å². The van der Waals surface area contributed by atoms with Gasteiger partial charge in [0.15, 0.2) is 0 Å². The molecule has 0 aliphatic rings. The van der Waals surface area contributed by atoms with Crippen molar-refractivity contribution in [3.8, 4) is 11.1 Å². The zero-order valence-corrected chi connectivity index (χ0v) is 21.9. The van der Waals surface area contributed by atoms with Crippen molar-refractivity contribution < 1.29 is 9.90 Å². The minimum absolute atomic E-state index is 0.421. The van der Waals surface area contributed by atoms with Crippen molar-refractivity contribution in [3.63, 3.8) is 0 Å². The van der Waals surface area contributed by atoms with E-state index >= 15 is 0 Å². The Morgan fingerprint density at radius 2 is 1.37 bits per heavy atom. The van der Waals surface area contributed by atoms with Crippen molar-refractivity contribution in [3.05, 3.63) is 36.7 Å². The Hall–Kier alpha value is -1.63. The summed E-state index contributed by atoms with van der Waals surface area (Å²) in [6.07, 6.45) is 10.5. The number of aromatic nitrogens is 2. The minimum atomic E-state index is -2.50. The first kappa shape index (κ1) is 24.6. The van der Waals surface area contributed by atoms with Crippen molar-refractivity contribution >= 4 is 34.0 Å². The van der Waals surface area contributed by atoms with E-state index in [1.54, 1.807) is 12.3 Å². The first-order chi connectivity index (χ1) is 14.5. The van der Waals surface area contributed by atoms with Crippen LogP contribution in [0, 0.1) is 0 Å². The second kappa shape index (κ2) is 12.3. The van der Waals surface area contributed by atoms with Crippen LogP contribution in [0.4, 0.5) is 10.6 Å². The number of rotatable bonds is 12. The average Bonchev–Trinajstić information content (AvgIpc) is 2.78. The van der Waals surface area contributed by atoms with E-state index in [0.717, 1.165) is 16.0 Å². The van der Waals surface area contributed by atoms with E-state index in [2.05, 4.69) is 37.9 Å². The van der Waals surface area contributed by atoms with E-state index in [0.29, 0.717) is 5.82 Å². The maximum absolute atomic E-state index is 11.1. The van der Waals surface area contributed by atoms with E-state index in [1.165, 1.54) is 62.6 Å². The third-order valence-electron chi connectivity index (χ3n) is 6.05. The molecule has 2 heterocycles. The Morgan fingerprint density at radius 3 is 1.73 bits per heavy atom. The SMILES string of the molecule is CCC[CH2][Sn]([CH2]CCC)([CH2]CCC)[c]1ccc(-c2ccc(N(C)C(=O)O)nc2)cn1. The van der Waals surface area contributed by atoms with Gasteiger partial charge in [-0.25, -0.2) is 0 Å². The molecule has 0 radical (unpaired) electrons. The Balaban J connectivity index is 2.29. The Labute approximate surface area is 185 Å². The molecule has 2 aromatic heterocycles. The van der Waals surface area contributed by atoms with Crippen LogP contribution in [0.25, 0.3) is 11.1 Å². The van der Waals surface area contributed by atoms with Gasteiger partial charge in [0.25, 0.3) is 0 Å². The van der Waals surface area contributed by atoms with Crippen molar-refractivity contribution in [2.75, 3.05) is 11.9 Å². The van der Waals surface area contributed by atoms with Crippen molar-refractivity contribution in [2.45, 2.75) is 72.6 Å². The second-order valence-electron chi connectivity index (χ2n) is 8.27. The maximum atomic E-state index is 11.1. The second-order valence-corrected chi connectivity index (χ2v) is 21.3. The molecule has 1 amide bonds. The van der Waals surface area contributed by atoms with E-state index in [-0.39, 0.29) is 0 Å². The molecule has 0 bridgehead atoms. The molecule has 30 heavy (non-hydrogen) atoms. The summed E-state index contributed by atoms with van der Waals surface area (Å²) < 4.78 is 5.67. The number of hydrogen-bond acceptors (Lipinski definition) is 3. The van der Waals surface area contributed by atoms with E-state index in [9.17, 15) is 4.79 Å². The van der Waals surface area contributed by atoms with Gasteiger partial charge in [0, 0.05) is 0 Å². The zero-order chi connectivity index (χ0) is 22.0. The quantitative estimate of drug-likeness (QED) is 0.335. The Kier molecular flexibility index (Phi) is 10.1. The van der Waals surface area contributed by atoms with Crippen LogP contribution in [0.3, 0.4) is 0 Å². The van der Waals surface area contributed by atoms with Crippen LogP contribution in [0.2, 0.25) is 13.3 Å². The molecule has 0 fully saturated rings. The predicted octanol–water partition coefficient (Wildman–Crippen LogP) is 6.31. The van der Waals surface area contributed by atoms with Gasteiger partial charge in [-0.3, -0.25) is 0 Å². The summed E-state index contributed by atoms with van der Waals surface area (Å²) in [4.78, 5) is 21.5. The number of pyridine rings is 2. The van der Waals surface area contributed by atoms with Gasteiger partial charge in [0.1, 0.15) is 0 Å². The van der Waals surface area contributed by atoms with Crippen LogP contribution in [0.15, 0.2) is 36.7 Å². The molecule has 0 atom stereocenters. The molecule has 0 aliphatic carbocycles. The molecule has 2 rings (SSSR count). The summed E-state index contributed by atoms with van der Waals surface area (Å²) in [5, 5.41) is 9.09. The molecule has 164 valence electrons. The van der Waals surface area contributed by atoms with Crippen molar-refractivity contribution in [1.82, 2.24) is 9.97 Å². The third kappa shape index (κ3) is 6.43. The molecule has 2 aromatic rings. The van der Waals surface area contributed by atoms with Crippen molar-refractivity contribution in [2.24, 2.45) is 0 Å². The van der Waals surface area contributed by atoms with Crippen LogP contribution in [-0.4, -0.2) is 46.6 Å². The Morgan fingerprint density at radius 1 is 0.867 bits per heavy atom. The van der Waals surface area contributed by atoms with Crippen LogP contribution >= 0.6 is 0 Å². The number of hydrogen-bond donors (Lipinski definition) is 1. The van der Waals surface area contributed by atoms with Crippen LogP contribution in [0.1, 0.15) is 59.3 Å². The number of nitrogens with zero attached hydrogens (tertiary/aromatic N) is 3. The fourth-order valence-electron chi connectivity index (χ4n) is 4.04.